The van der Waals surface area contributed by atoms with Crippen molar-refractivity contribution in [2.75, 3.05) is 6.54 Å². The Kier molecular flexibility index (Phi) is 9.81. The molecule has 3 rings (SSSR count). The van der Waals surface area contributed by atoms with E-state index in [0.717, 1.165) is 16.7 Å². The summed E-state index contributed by atoms with van der Waals surface area (Å²) in [7, 11) is 0. The van der Waals surface area contributed by atoms with Gasteiger partial charge in [0, 0.05) is 25.0 Å². The molecule has 1 aromatic heterocycles. The van der Waals surface area contributed by atoms with Gasteiger partial charge >= 0.3 is 6.09 Å². The number of hydrogen-bond donors (Lipinski definition) is 3. The highest BCUT2D eigenvalue weighted by atomic mass is 16.6. The van der Waals surface area contributed by atoms with Gasteiger partial charge in [-0.1, -0.05) is 42.0 Å². The monoisotopic (exact) mass is 530 g/mol. The summed E-state index contributed by atoms with van der Waals surface area (Å²) in [5.74, 6) is -0.842. The molecule has 3 amide bonds. The predicted molar refractivity (Wildman–Crippen MR) is 145 cm³/mol. The van der Waals surface area contributed by atoms with Gasteiger partial charge in [-0.15, -0.1) is 0 Å². The van der Waals surface area contributed by atoms with Crippen LogP contribution in [0.1, 0.15) is 48.7 Å². The van der Waals surface area contributed by atoms with E-state index in [2.05, 4.69) is 27.0 Å². The normalized spacial score (nSPS) is 11.7. The SMILES string of the molecule is Cc1cccc(CNC(=O)C(CNC(=O)OC(C)(C)C)NC(=O)Cc2cncn2Cc2ccc(C#N)cc2)c1. The van der Waals surface area contributed by atoms with Crippen molar-refractivity contribution in [1.29, 1.82) is 5.26 Å². The van der Waals surface area contributed by atoms with Crippen LogP contribution in [0.25, 0.3) is 0 Å². The summed E-state index contributed by atoms with van der Waals surface area (Å²) in [5, 5.41) is 17.1. The Bertz CT molecular complexity index is 1330. The lowest BCUT2D eigenvalue weighted by atomic mass is 10.1. The van der Waals surface area contributed by atoms with Gasteiger partial charge < -0.3 is 25.3 Å². The second-order valence-electron chi connectivity index (χ2n) is 10.2. The number of ether oxygens (including phenoxy) is 1. The van der Waals surface area contributed by atoms with E-state index in [1.807, 2.05) is 47.9 Å². The predicted octanol–water partition coefficient (Wildman–Crippen LogP) is 2.98. The molecule has 0 radical (unpaired) electrons. The maximum Gasteiger partial charge on any atom is 0.407 e. The first-order valence-electron chi connectivity index (χ1n) is 12.6. The number of benzene rings is 2. The van der Waals surface area contributed by atoms with Crippen molar-refractivity contribution >= 4 is 17.9 Å². The molecular weight excluding hydrogens is 496 g/mol. The summed E-state index contributed by atoms with van der Waals surface area (Å²) >= 11 is 0. The fourth-order valence-electron chi connectivity index (χ4n) is 3.77. The molecular formula is C29H34N6O4. The highest BCUT2D eigenvalue weighted by Gasteiger charge is 2.24. The minimum Gasteiger partial charge on any atom is -0.444 e. The first-order valence-corrected chi connectivity index (χ1v) is 12.6. The number of rotatable bonds is 10. The Morgan fingerprint density at radius 3 is 2.49 bits per heavy atom. The summed E-state index contributed by atoms with van der Waals surface area (Å²) in [5.41, 5.74) is 3.44. The maximum absolute atomic E-state index is 13.0. The van der Waals surface area contributed by atoms with Crippen LogP contribution in [0.4, 0.5) is 4.79 Å². The van der Waals surface area contributed by atoms with Crippen molar-refractivity contribution in [1.82, 2.24) is 25.5 Å². The third-order valence-corrected chi connectivity index (χ3v) is 5.63. The fraction of sp³-hybridized carbons (Fsp3) is 0.345. The van der Waals surface area contributed by atoms with Crippen LogP contribution < -0.4 is 16.0 Å². The van der Waals surface area contributed by atoms with E-state index in [-0.39, 0.29) is 19.5 Å². The zero-order valence-electron chi connectivity index (χ0n) is 22.7. The molecule has 3 N–H and O–H groups in total. The van der Waals surface area contributed by atoms with E-state index in [1.165, 1.54) is 0 Å². The van der Waals surface area contributed by atoms with Crippen molar-refractivity contribution in [3.8, 4) is 6.07 Å². The van der Waals surface area contributed by atoms with Crippen molar-refractivity contribution < 1.29 is 19.1 Å². The van der Waals surface area contributed by atoms with Crippen LogP contribution >= 0.6 is 0 Å². The third kappa shape index (κ3) is 9.63. The molecule has 1 atom stereocenters. The first-order chi connectivity index (χ1) is 18.5. The van der Waals surface area contributed by atoms with Crippen molar-refractivity contribution in [3.05, 3.63) is 89.0 Å². The van der Waals surface area contributed by atoms with E-state index in [1.54, 1.807) is 45.4 Å². The van der Waals surface area contributed by atoms with Crippen molar-refractivity contribution in [2.45, 2.75) is 58.8 Å². The van der Waals surface area contributed by atoms with E-state index >= 15 is 0 Å². The minimum atomic E-state index is -1.02. The Labute approximate surface area is 228 Å². The summed E-state index contributed by atoms with van der Waals surface area (Å²) < 4.78 is 7.09. The van der Waals surface area contributed by atoms with Crippen molar-refractivity contribution in [2.24, 2.45) is 0 Å². The lowest BCUT2D eigenvalue weighted by molar-refractivity contribution is -0.128. The number of carbonyl (C=O) groups is 3. The fourth-order valence-corrected chi connectivity index (χ4v) is 3.77. The van der Waals surface area contributed by atoms with Gasteiger partial charge in [0.15, 0.2) is 0 Å². The number of hydrogen-bond acceptors (Lipinski definition) is 6. The summed E-state index contributed by atoms with van der Waals surface area (Å²) in [4.78, 5) is 42.4. The number of aryl methyl sites for hydroxylation is 1. The number of alkyl carbamates (subject to hydrolysis) is 1. The molecule has 0 bridgehead atoms. The standard InChI is InChI=1S/C29H34N6O4/c1-20-6-5-7-23(12-20)15-32-27(37)25(17-33-28(38)39-29(2,3)4)34-26(36)13-24-16-31-19-35(24)18-22-10-8-21(14-30)9-11-22/h5-12,16,19,25H,13,15,17-18H2,1-4H3,(H,32,37)(H,33,38)(H,34,36). The van der Waals surface area contributed by atoms with Gasteiger partial charge in [0.1, 0.15) is 11.6 Å². The maximum atomic E-state index is 13.0. The van der Waals surface area contributed by atoms with E-state index in [0.29, 0.717) is 17.8 Å². The Hall–Kier alpha value is -4.65. The Balaban J connectivity index is 1.65. The molecule has 1 unspecified atom stereocenters. The second kappa shape index (κ2) is 13.2. The van der Waals surface area contributed by atoms with Gasteiger partial charge in [0.2, 0.25) is 11.8 Å². The van der Waals surface area contributed by atoms with E-state index in [4.69, 9.17) is 10.00 Å². The Morgan fingerprint density at radius 1 is 1.08 bits per heavy atom. The highest BCUT2D eigenvalue weighted by molar-refractivity contribution is 5.88. The molecule has 0 spiro atoms. The second-order valence-corrected chi connectivity index (χ2v) is 10.2. The van der Waals surface area contributed by atoms with Gasteiger partial charge in [0.25, 0.3) is 0 Å². The lowest BCUT2D eigenvalue weighted by Crippen LogP contribution is -2.53. The topological polar surface area (TPSA) is 138 Å². The van der Waals surface area contributed by atoms with Gasteiger partial charge in [0.05, 0.1) is 30.9 Å². The quantitative estimate of drug-likeness (QED) is 0.368. The Morgan fingerprint density at radius 2 is 1.82 bits per heavy atom. The van der Waals surface area contributed by atoms with Gasteiger partial charge in [-0.05, 0) is 51.0 Å². The molecule has 39 heavy (non-hydrogen) atoms. The van der Waals surface area contributed by atoms with Crippen LogP contribution in [0.2, 0.25) is 0 Å². The first kappa shape index (κ1) is 28.9. The van der Waals surface area contributed by atoms with Crippen LogP contribution in [-0.4, -0.2) is 45.6 Å². The molecule has 0 aliphatic heterocycles. The molecule has 0 aliphatic carbocycles. The van der Waals surface area contributed by atoms with Crippen LogP contribution in [0.15, 0.2) is 61.1 Å². The number of amides is 3. The van der Waals surface area contributed by atoms with Crippen LogP contribution in [-0.2, 0) is 33.8 Å². The number of nitriles is 1. The molecule has 10 heteroatoms. The molecule has 0 fully saturated rings. The smallest absolute Gasteiger partial charge is 0.407 e. The summed E-state index contributed by atoms with van der Waals surface area (Å²) in [6, 6.07) is 15.9. The molecule has 1 heterocycles. The van der Waals surface area contributed by atoms with E-state index in [9.17, 15) is 14.4 Å². The van der Waals surface area contributed by atoms with Crippen molar-refractivity contribution in [3.63, 3.8) is 0 Å². The molecule has 0 saturated heterocycles. The summed E-state index contributed by atoms with van der Waals surface area (Å²) in [6.45, 7) is 7.77. The number of aromatic nitrogens is 2. The molecule has 10 nitrogen and oxygen atoms in total. The summed E-state index contributed by atoms with van der Waals surface area (Å²) in [6.07, 6.45) is 2.50. The molecule has 0 aliphatic rings. The zero-order chi connectivity index (χ0) is 28.4. The van der Waals surface area contributed by atoms with Gasteiger partial charge in [-0.2, -0.15) is 5.26 Å². The van der Waals surface area contributed by atoms with Crippen LogP contribution in [0, 0.1) is 18.3 Å². The molecule has 0 saturated carbocycles. The minimum absolute atomic E-state index is 0.0234. The third-order valence-electron chi connectivity index (χ3n) is 5.63. The van der Waals surface area contributed by atoms with Crippen LogP contribution in [0.3, 0.4) is 0 Å². The number of imidazole rings is 1. The molecule has 2 aromatic carbocycles. The molecule has 3 aromatic rings. The largest absolute Gasteiger partial charge is 0.444 e. The van der Waals surface area contributed by atoms with Crippen LogP contribution in [0.5, 0.6) is 0 Å². The number of nitrogens with zero attached hydrogens (tertiary/aromatic N) is 3. The average Bonchev–Trinajstić information content (AvgIpc) is 3.30. The average molecular weight is 531 g/mol. The lowest BCUT2D eigenvalue weighted by Gasteiger charge is -2.22. The van der Waals surface area contributed by atoms with E-state index < -0.39 is 29.6 Å². The van der Waals surface area contributed by atoms with Gasteiger partial charge in [-0.25, -0.2) is 9.78 Å². The van der Waals surface area contributed by atoms with Gasteiger partial charge in [-0.3, -0.25) is 9.59 Å². The molecule has 204 valence electrons. The highest BCUT2D eigenvalue weighted by Crippen LogP contribution is 2.10. The number of carbonyl (C=O) groups excluding carboxylic acids is 3. The number of nitrogens with one attached hydrogen (secondary N) is 3. The zero-order valence-corrected chi connectivity index (χ0v) is 22.7.